The van der Waals surface area contributed by atoms with Gasteiger partial charge in [-0.15, -0.1) is 0 Å². The van der Waals surface area contributed by atoms with Crippen molar-refractivity contribution in [1.29, 1.82) is 0 Å². The number of benzene rings is 1. The van der Waals surface area contributed by atoms with Gasteiger partial charge in [0.2, 0.25) is 0 Å². The highest BCUT2D eigenvalue weighted by Gasteiger charge is 2.12. The fourth-order valence-corrected chi connectivity index (χ4v) is 2.27. The zero-order valence-electron chi connectivity index (χ0n) is 10.7. The van der Waals surface area contributed by atoms with Crippen LogP contribution in [0.3, 0.4) is 0 Å². The van der Waals surface area contributed by atoms with Gasteiger partial charge in [0, 0.05) is 17.1 Å². The predicted octanol–water partition coefficient (Wildman–Crippen LogP) is 4.23. The number of nitrogens with zero attached hydrogens (tertiary/aromatic N) is 2. The number of rotatable bonds is 3. The minimum atomic E-state index is 0.507. The van der Waals surface area contributed by atoms with E-state index in [9.17, 15) is 0 Å². The number of nitrogens with one attached hydrogen (secondary N) is 1. The Bertz CT molecular complexity index is 613. The third kappa shape index (κ3) is 2.65. The molecule has 0 aliphatic rings. The Labute approximate surface area is 117 Å². The normalized spacial score (nSPS) is 11.2. The van der Waals surface area contributed by atoms with E-state index in [1.54, 1.807) is 0 Å². The number of halogens is 1. The summed E-state index contributed by atoms with van der Waals surface area (Å²) < 4.78 is 2.68. The van der Waals surface area contributed by atoms with E-state index in [-0.39, 0.29) is 0 Å². The monoisotopic (exact) mass is 281 g/mol. The van der Waals surface area contributed by atoms with E-state index < -0.39 is 0 Å². The summed E-state index contributed by atoms with van der Waals surface area (Å²) in [4.78, 5) is 0. The molecule has 0 bridgehead atoms. The molecule has 96 valence electrons. The van der Waals surface area contributed by atoms with Crippen LogP contribution in [-0.2, 0) is 6.54 Å². The first-order chi connectivity index (χ1) is 8.49. The first-order valence-electron chi connectivity index (χ1n) is 5.90. The number of aromatic amines is 1. The highest BCUT2D eigenvalue weighted by atomic mass is 35.5. The molecule has 1 aromatic heterocycles. The molecule has 1 N–H and O–H groups in total. The van der Waals surface area contributed by atoms with Gasteiger partial charge in [0.25, 0.3) is 0 Å². The van der Waals surface area contributed by atoms with E-state index >= 15 is 0 Å². The summed E-state index contributed by atoms with van der Waals surface area (Å²) in [5.41, 5.74) is 2.16. The Hall–Kier alpha value is -1.13. The topological polar surface area (TPSA) is 33.6 Å². The predicted molar refractivity (Wildman–Crippen MR) is 77.4 cm³/mol. The van der Waals surface area contributed by atoms with Gasteiger partial charge in [0.05, 0.1) is 0 Å². The van der Waals surface area contributed by atoms with Crippen molar-refractivity contribution in [3.8, 4) is 11.4 Å². The molecule has 18 heavy (non-hydrogen) atoms. The highest BCUT2D eigenvalue weighted by molar-refractivity contribution is 7.71. The molecule has 0 radical (unpaired) electrons. The summed E-state index contributed by atoms with van der Waals surface area (Å²) in [6.07, 6.45) is 0. The van der Waals surface area contributed by atoms with Crippen molar-refractivity contribution in [2.24, 2.45) is 5.92 Å². The minimum Gasteiger partial charge on any atom is -0.300 e. The molecular weight excluding hydrogens is 266 g/mol. The van der Waals surface area contributed by atoms with E-state index in [1.807, 2.05) is 29.7 Å². The summed E-state index contributed by atoms with van der Waals surface area (Å²) in [6, 6.07) is 5.81. The molecule has 0 fully saturated rings. The molecule has 0 saturated heterocycles. The van der Waals surface area contributed by atoms with E-state index in [0.717, 1.165) is 23.5 Å². The van der Waals surface area contributed by atoms with Crippen LogP contribution in [0.5, 0.6) is 0 Å². The van der Waals surface area contributed by atoms with Crippen LogP contribution in [0.15, 0.2) is 18.2 Å². The maximum Gasteiger partial charge on any atom is 0.195 e. The smallest absolute Gasteiger partial charge is 0.195 e. The van der Waals surface area contributed by atoms with Crippen LogP contribution < -0.4 is 0 Å². The molecule has 0 unspecified atom stereocenters. The van der Waals surface area contributed by atoms with Crippen molar-refractivity contribution in [2.45, 2.75) is 27.3 Å². The number of hydrogen-bond donors (Lipinski definition) is 1. The van der Waals surface area contributed by atoms with Crippen LogP contribution in [-0.4, -0.2) is 14.8 Å². The molecule has 0 saturated carbocycles. The molecule has 0 amide bonds. The van der Waals surface area contributed by atoms with E-state index in [0.29, 0.717) is 15.7 Å². The molecule has 2 aromatic rings. The third-order valence-corrected chi connectivity index (χ3v) is 3.29. The maximum atomic E-state index is 6.06. The van der Waals surface area contributed by atoms with E-state index in [1.165, 1.54) is 0 Å². The quantitative estimate of drug-likeness (QED) is 0.855. The lowest BCUT2D eigenvalue weighted by atomic mass is 10.1. The molecule has 1 aromatic carbocycles. The summed E-state index contributed by atoms with van der Waals surface area (Å²) in [5.74, 6) is 1.36. The Morgan fingerprint density at radius 2 is 2.17 bits per heavy atom. The van der Waals surface area contributed by atoms with Gasteiger partial charge in [-0.1, -0.05) is 31.5 Å². The van der Waals surface area contributed by atoms with Gasteiger partial charge in [-0.3, -0.25) is 9.67 Å². The molecule has 2 rings (SSSR count). The Kier molecular flexibility index (Phi) is 3.88. The van der Waals surface area contributed by atoms with Crippen LogP contribution in [0.4, 0.5) is 0 Å². The summed E-state index contributed by atoms with van der Waals surface area (Å²) in [5, 5.41) is 7.90. The van der Waals surface area contributed by atoms with Crippen LogP contribution >= 0.6 is 23.8 Å². The van der Waals surface area contributed by atoms with Gasteiger partial charge >= 0.3 is 0 Å². The van der Waals surface area contributed by atoms with E-state index in [2.05, 4.69) is 24.0 Å². The number of aryl methyl sites for hydroxylation is 1. The average Bonchev–Trinajstić information content (AvgIpc) is 2.64. The van der Waals surface area contributed by atoms with Gasteiger partial charge in [-0.05, 0) is 42.8 Å². The van der Waals surface area contributed by atoms with Crippen molar-refractivity contribution < 1.29 is 0 Å². The van der Waals surface area contributed by atoms with Crippen molar-refractivity contribution in [3.05, 3.63) is 33.6 Å². The van der Waals surface area contributed by atoms with Crippen molar-refractivity contribution in [3.63, 3.8) is 0 Å². The van der Waals surface area contributed by atoms with Gasteiger partial charge in [-0.25, -0.2) is 0 Å². The molecular formula is C13H16ClN3S. The first-order valence-corrected chi connectivity index (χ1v) is 6.69. The average molecular weight is 282 g/mol. The zero-order valence-corrected chi connectivity index (χ0v) is 12.3. The molecule has 3 nitrogen and oxygen atoms in total. The fraction of sp³-hybridized carbons (Fsp3) is 0.385. The Balaban J connectivity index is 2.57. The van der Waals surface area contributed by atoms with Crippen molar-refractivity contribution in [2.75, 3.05) is 0 Å². The van der Waals surface area contributed by atoms with Gasteiger partial charge in [0.15, 0.2) is 10.6 Å². The SMILES string of the molecule is Cc1ccc(Cl)cc1-c1n[nH]c(=S)n1CC(C)C. The second-order valence-corrected chi connectivity index (χ2v) is 5.64. The fourth-order valence-electron chi connectivity index (χ4n) is 1.89. The van der Waals surface area contributed by atoms with Crippen molar-refractivity contribution in [1.82, 2.24) is 14.8 Å². The second-order valence-electron chi connectivity index (χ2n) is 4.82. The van der Waals surface area contributed by atoms with Gasteiger partial charge < -0.3 is 0 Å². The highest BCUT2D eigenvalue weighted by Crippen LogP contribution is 2.25. The lowest BCUT2D eigenvalue weighted by Gasteiger charge is -2.11. The molecule has 0 spiro atoms. The Morgan fingerprint density at radius 3 is 2.83 bits per heavy atom. The lowest BCUT2D eigenvalue weighted by molar-refractivity contribution is 0.521. The molecule has 0 aliphatic carbocycles. The summed E-state index contributed by atoms with van der Waals surface area (Å²) >= 11 is 11.3. The molecule has 0 aliphatic heterocycles. The number of H-pyrrole nitrogens is 1. The first kappa shape index (κ1) is 13.3. The third-order valence-electron chi connectivity index (χ3n) is 2.75. The standard InChI is InChI=1S/C13H16ClN3S/c1-8(2)7-17-12(15-16-13(17)18)11-6-10(14)5-4-9(11)3/h4-6,8H,7H2,1-3H3,(H,16,18). The maximum absolute atomic E-state index is 6.06. The zero-order chi connectivity index (χ0) is 13.3. The van der Waals surface area contributed by atoms with E-state index in [4.69, 9.17) is 23.8 Å². The van der Waals surface area contributed by atoms with Crippen LogP contribution in [0, 0.1) is 17.6 Å². The molecule has 1 heterocycles. The Morgan fingerprint density at radius 1 is 1.44 bits per heavy atom. The largest absolute Gasteiger partial charge is 0.300 e. The molecule has 5 heteroatoms. The van der Waals surface area contributed by atoms with Crippen LogP contribution in [0.25, 0.3) is 11.4 Å². The van der Waals surface area contributed by atoms with Crippen molar-refractivity contribution >= 4 is 23.8 Å². The number of aromatic nitrogens is 3. The van der Waals surface area contributed by atoms with Gasteiger partial charge in [0.1, 0.15) is 0 Å². The summed E-state index contributed by atoms with van der Waals surface area (Å²) in [6.45, 7) is 7.20. The van der Waals surface area contributed by atoms with Gasteiger partial charge in [-0.2, -0.15) is 5.10 Å². The van der Waals surface area contributed by atoms with Crippen LogP contribution in [0.1, 0.15) is 19.4 Å². The van der Waals surface area contributed by atoms with Crippen LogP contribution in [0.2, 0.25) is 5.02 Å². The lowest BCUT2D eigenvalue weighted by Crippen LogP contribution is -2.07. The molecule has 0 atom stereocenters. The second kappa shape index (κ2) is 5.24. The number of hydrogen-bond acceptors (Lipinski definition) is 2. The minimum absolute atomic E-state index is 0.507. The summed E-state index contributed by atoms with van der Waals surface area (Å²) in [7, 11) is 0.